The topological polar surface area (TPSA) is 158 Å². The van der Waals surface area contributed by atoms with Gasteiger partial charge in [0.2, 0.25) is 0 Å². The van der Waals surface area contributed by atoms with Crippen LogP contribution in [0.5, 0.6) is 0 Å². The monoisotopic (exact) mass is 929 g/mol. The Morgan fingerprint density at radius 1 is 0.754 bits per heavy atom. The van der Waals surface area contributed by atoms with Crippen molar-refractivity contribution >= 4 is 53.9 Å². The third-order valence-corrected chi connectivity index (χ3v) is 14.3. The van der Waals surface area contributed by atoms with Crippen LogP contribution in [0.1, 0.15) is 112 Å². The molecule has 338 valence electrons. The van der Waals surface area contributed by atoms with E-state index in [9.17, 15) is 23.4 Å². The van der Waals surface area contributed by atoms with E-state index in [2.05, 4.69) is 72.7 Å². The van der Waals surface area contributed by atoms with Crippen molar-refractivity contribution in [3.63, 3.8) is 0 Å². The quantitative estimate of drug-likeness (QED) is 0.176. The predicted molar refractivity (Wildman–Crippen MR) is 242 cm³/mol. The summed E-state index contributed by atoms with van der Waals surface area (Å²) in [6.45, 7) is 22.5. The van der Waals surface area contributed by atoms with Crippen molar-refractivity contribution in [2.45, 2.75) is 154 Å². The highest BCUT2D eigenvalue weighted by Crippen LogP contribution is 2.33. The van der Waals surface area contributed by atoms with Crippen LogP contribution in [0.3, 0.4) is 0 Å². The molecule has 15 heteroatoms. The third kappa shape index (κ3) is 12.3. The molecule has 0 aliphatic carbocycles. The predicted octanol–water partition coefficient (Wildman–Crippen LogP) is 8.27. The van der Waals surface area contributed by atoms with Gasteiger partial charge in [-0.2, -0.15) is 0 Å². The van der Waals surface area contributed by atoms with E-state index in [1.165, 1.54) is 0 Å². The van der Waals surface area contributed by atoms with Crippen LogP contribution < -0.4 is 0 Å². The summed E-state index contributed by atoms with van der Waals surface area (Å²) in [6.07, 6.45) is 4.35. The summed E-state index contributed by atoms with van der Waals surface area (Å²) >= 11 is 3.52. The van der Waals surface area contributed by atoms with Gasteiger partial charge in [0.1, 0.15) is 17.2 Å². The Morgan fingerprint density at radius 2 is 1.20 bits per heavy atom. The van der Waals surface area contributed by atoms with Gasteiger partial charge in [0, 0.05) is 82.5 Å². The molecule has 2 aromatic heterocycles. The lowest BCUT2D eigenvalue weighted by molar-refractivity contribution is -0.0731. The number of sulfone groups is 1. The first-order chi connectivity index (χ1) is 28.3. The Labute approximate surface area is 370 Å². The molecule has 2 aromatic carbocycles. The largest absolute Gasteiger partial charge is 0.444 e. The van der Waals surface area contributed by atoms with Crippen molar-refractivity contribution in [1.29, 1.82) is 0 Å². The number of rotatable bonds is 8. The number of aromatic nitrogens is 4. The normalized spacial score (nSPS) is 19.2. The van der Waals surface area contributed by atoms with E-state index in [-0.39, 0.29) is 15.7 Å². The van der Waals surface area contributed by atoms with Crippen molar-refractivity contribution in [1.82, 2.24) is 24.0 Å². The van der Waals surface area contributed by atoms with Crippen LogP contribution in [0, 0.1) is 10.8 Å². The smallest absolute Gasteiger partial charge is 0.410 e. The van der Waals surface area contributed by atoms with E-state index in [4.69, 9.17) is 24.2 Å². The molecule has 5 heterocycles. The molecule has 3 aliphatic rings. The lowest BCUT2D eigenvalue weighted by atomic mass is 9.91. The number of hydrogen-bond acceptors (Lipinski definition) is 10. The maximum absolute atomic E-state index is 13.6. The average molecular weight is 931 g/mol. The van der Waals surface area contributed by atoms with E-state index in [0.717, 1.165) is 39.1 Å². The molecule has 0 radical (unpaired) electrons. The zero-order chi connectivity index (χ0) is 44.6. The summed E-state index contributed by atoms with van der Waals surface area (Å²) in [5, 5.41) is 21.6. The molecule has 0 spiro atoms. The first-order valence-electron chi connectivity index (χ1n) is 21.8. The minimum Gasteiger partial charge on any atom is -0.444 e. The molecular formula is C46H68BrN5O8S. The van der Waals surface area contributed by atoms with E-state index in [0.29, 0.717) is 103 Å². The highest BCUT2D eigenvalue weighted by molar-refractivity contribution is 9.10. The van der Waals surface area contributed by atoms with Crippen LogP contribution in [0.2, 0.25) is 0 Å². The summed E-state index contributed by atoms with van der Waals surface area (Å²) in [7, 11) is -3.61. The van der Waals surface area contributed by atoms with Crippen molar-refractivity contribution in [2.24, 2.45) is 10.8 Å². The highest BCUT2D eigenvalue weighted by atomic mass is 79.9. The molecule has 0 saturated carbocycles. The van der Waals surface area contributed by atoms with Gasteiger partial charge in [-0.05, 0) is 80.8 Å². The molecule has 0 atom stereocenters. The summed E-state index contributed by atoms with van der Waals surface area (Å²) in [5.74, 6) is 1.89. The van der Waals surface area contributed by atoms with Crippen molar-refractivity contribution < 1.29 is 37.6 Å². The first-order valence-corrected chi connectivity index (χ1v) is 24.1. The Kier molecular flexibility index (Phi) is 14.1. The fourth-order valence-corrected chi connectivity index (χ4v) is 10.4. The summed E-state index contributed by atoms with van der Waals surface area (Å²) in [6, 6.07) is 11.3. The molecule has 13 nitrogen and oxygen atoms in total. The molecule has 0 bridgehead atoms. The minimum absolute atomic E-state index is 0.0333. The van der Waals surface area contributed by atoms with Gasteiger partial charge in [0.25, 0.3) is 0 Å². The number of carbonyl (C=O) groups is 1. The summed E-state index contributed by atoms with van der Waals surface area (Å²) in [4.78, 5) is 24.0. The first kappa shape index (κ1) is 47.4. The molecule has 4 aromatic rings. The van der Waals surface area contributed by atoms with Gasteiger partial charge in [0.15, 0.2) is 9.84 Å². The van der Waals surface area contributed by atoms with Gasteiger partial charge < -0.3 is 38.5 Å². The maximum Gasteiger partial charge on any atom is 0.410 e. The highest BCUT2D eigenvalue weighted by Gasteiger charge is 2.37. The molecule has 0 unspecified atom stereocenters. The zero-order valence-corrected chi connectivity index (χ0v) is 40.1. The van der Waals surface area contributed by atoms with E-state index < -0.39 is 38.0 Å². The Bertz CT molecular complexity index is 2260. The molecule has 3 fully saturated rings. The van der Waals surface area contributed by atoms with Crippen LogP contribution in [-0.2, 0) is 50.0 Å². The molecular weight excluding hydrogens is 863 g/mol. The zero-order valence-electron chi connectivity index (χ0n) is 37.7. The van der Waals surface area contributed by atoms with E-state index >= 15 is 0 Å². The number of likely N-dealkylation sites (tertiary alicyclic amines) is 1. The molecule has 1 amide bonds. The van der Waals surface area contributed by atoms with E-state index in [1.807, 2.05) is 39.0 Å². The third-order valence-electron chi connectivity index (χ3n) is 11.6. The average Bonchev–Trinajstić information content (AvgIpc) is 3.64. The Balaban J connectivity index is 0.000000230. The second kappa shape index (κ2) is 18.2. The van der Waals surface area contributed by atoms with Crippen molar-refractivity contribution in [2.75, 3.05) is 39.5 Å². The number of nitrogens with zero attached hydrogens (tertiary/aromatic N) is 5. The van der Waals surface area contributed by atoms with Crippen LogP contribution in [-0.4, -0.2) is 110 Å². The van der Waals surface area contributed by atoms with Crippen LogP contribution in [0.4, 0.5) is 4.79 Å². The number of piperidine rings is 1. The summed E-state index contributed by atoms with van der Waals surface area (Å²) < 4.78 is 48.8. The Morgan fingerprint density at radius 3 is 1.64 bits per heavy atom. The van der Waals surface area contributed by atoms with Gasteiger partial charge in [-0.25, -0.2) is 23.2 Å². The number of aliphatic hydroxyl groups is 2. The summed E-state index contributed by atoms with van der Waals surface area (Å²) in [5.41, 5.74) is 1.45. The van der Waals surface area contributed by atoms with Gasteiger partial charge in [-0.15, -0.1) is 0 Å². The second-order valence-electron chi connectivity index (χ2n) is 20.9. The molecule has 3 saturated heterocycles. The standard InChI is InChI=1S/C28H43N3O6S.C18H25BrN2O2/c1-26(2,3)18-24-29-22-17-21(7-8-23(22)31(24)19-28(33)11-15-36-16-12-28)38(34,35)20-9-13-30(14-10-20)25(32)37-27(4,5)6;1-17(2,3)11-16-20-14-10-13(19)4-5-15(14)21(16)12-18(22)6-8-23-9-7-18/h7-8,17,20,33H,9-16,18-19H2,1-6H3;4-5,10,22H,6-9,11-12H2,1-3H3. The van der Waals surface area contributed by atoms with Crippen molar-refractivity contribution in [3.05, 3.63) is 52.5 Å². The fraction of sp³-hybridized carbons (Fsp3) is 0.674. The molecule has 2 N–H and O–H groups in total. The number of ether oxygens (including phenoxy) is 3. The second-order valence-corrected chi connectivity index (χ2v) is 24.0. The van der Waals surface area contributed by atoms with Gasteiger partial charge >= 0.3 is 6.09 Å². The number of halogens is 1. The number of imidazole rings is 2. The van der Waals surface area contributed by atoms with Crippen LogP contribution in [0.15, 0.2) is 45.8 Å². The lowest BCUT2D eigenvalue weighted by Crippen LogP contribution is -2.44. The molecule has 7 rings (SSSR count). The SMILES string of the molecule is CC(C)(C)Cc1nc2cc(Br)ccc2n1CC1(O)CCOCC1.CC(C)(C)Cc1nc2cc(S(=O)(=O)C3CCN(C(=O)OC(C)(C)C)CC3)ccc2n1CC1(O)CCOCC1. The number of carbonyl (C=O) groups excluding carboxylic acids is 1. The fourth-order valence-electron chi connectivity index (χ4n) is 8.34. The van der Waals surface area contributed by atoms with Crippen LogP contribution >= 0.6 is 15.9 Å². The van der Waals surface area contributed by atoms with Gasteiger partial charge in [-0.1, -0.05) is 57.5 Å². The number of benzene rings is 2. The van der Waals surface area contributed by atoms with E-state index in [1.54, 1.807) is 17.0 Å². The lowest BCUT2D eigenvalue weighted by Gasteiger charge is -2.33. The van der Waals surface area contributed by atoms with Gasteiger partial charge in [-0.3, -0.25) is 0 Å². The number of hydrogen-bond donors (Lipinski definition) is 2. The van der Waals surface area contributed by atoms with Gasteiger partial charge in [0.05, 0.1) is 56.5 Å². The molecule has 3 aliphatic heterocycles. The number of amides is 1. The molecule has 61 heavy (non-hydrogen) atoms. The van der Waals surface area contributed by atoms with Crippen LogP contribution in [0.25, 0.3) is 22.1 Å². The number of fused-ring (bicyclic) bond motifs is 2. The minimum atomic E-state index is -3.61. The van der Waals surface area contributed by atoms with Crippen molar-refractivity contribution in [3.8, 4) is 0 Å². The maximum atomic E-state index is 13.6. The Hall–Kier alpha value is -3.08.